The Morgan fingerprint density at radius 2 is 1.74 bits per heavy atom. The van der Waals surface area contributed by atoms with Gasteiger partial charge in [-0.25, -0.2) is 4.39 Å². The van der Waals surface area contributed by atoms with Gasteiger partial charge in [0.15, 0.2) is 15.8 Å². The minimum Gasteiger partial charge on any atom is -0.507 e. The number of carbonyl (C=O) groups excluding carboxylic acids is 2. The van der Waals surface area contributed by atoms with E-state index in [2.05, 4.69) is 10.2 Å². The summed E-state index contributed by atoms with van der Waals surface area (Å²) >= 11 is 2.50. The molecular formula is C30H26FN3O6S2. The Hall–Kier alpha value is -4.42. The Morgan fingerprint density at radius 1 is 1.00 bits per heavy atom. The fourth-order valence-corrected chi connectivity index (χ4v) is 6.29. The SMILES string of the molecule is CCOc1ccc(C2/C(=C(/O)c3ccc(OC)cc3)C(=O)C(=O)N2c2nnc(SCc3ccc(F)cc3)s2)cc1OC. The third-order valence-electron chi connectivity index (χ3n) is 6.49. The normalized spacial score (nSPS) is 16.1. The molecule has 4 aromatic rings. The van der Waals surface area contributed by atoms with Crippen molar-refractivity contribution in [3.8, 4) is 17.2 Å². The van der Waals surface area contributed by atoms with E-state index >= 15 is 0 Å². The molecular weight excluding hydrogens is 581 g/mol. The molecule has 216 valence electrons. The summed E-state index contributed by atoms with van der Waals surface area (Å²) in [5.41, 5.74) is 1.62. The largest absolute Gasteiger partial charge is 0.507 e. The monoisotopic (exact) mass is 607 g/mol. The second-order valence-electron chi connectivity index (χ2n) is 9.01. The zero-order valence-electron chi connectivity index (χ0n) is 22.9. The summed E-state index contributed by atoms with van der Waals surface area (Å²) in [4.78, 5) is 28.3. The lowest BCUT2D eigenvalue weighted by molar-refractivity contribution is -0.132. The number of ketones is 1. The summed E-state index contributed by atoms with van der Waals surface area (Å²) in [6, 6.07) is 16.7. The van der Waals surface area contributed by atoms with Gasteiger partial charge in [-0.2, -0.15) is 0 Å². The maximum atomic E-state index is 13.5. The smallest absolute Gasteiger partial charge is 0.301 e. The van der Waals surface area contributed by atoms with E-state index in [0.29, 0.717) is 45.1 Å². The number of carbonyl (C=O) groups is 2. The standard InChI is InChI=1S/C30H26FN3O6S2/c1-4-40-22-14-9-19(15-23(22)39-3)25-24(26(35)18-7-12-21(38-2)13-8-18)27(36)28(37)34(25)29-32-33-30(42-29)41-16-17-5-10-20(31)11-6-17/h5-15,25,35H,4,16H2,1-3H3/b26-24-. The van der Waals surface area contributed by atoms with Crippen molar-refractivity contribution in [3.05, 3.63) is 94.8 Å². The van der Waals surface area contributed by atoms with Crippen LogP contribution in [0.4, 0.5) is 9.52 Å². The lowest BCUT2D eigenvalue weighted by atomic mass is 9.95. The Balaban J connectivity index is 1.57. The van der Waals surface area contributed by atoms with E-state index in [0.717, 1.165) is 16.9 Å². The maximum Gasteiger partial charge on any atom is 0.301 e. The summed E-state index contributed by atoms with van der Waals surface area (Å²) in [5.74, 6) is -0.413. The van der Waals surface area contributed by atoms with Crippen LogP contribution < -0.4 is 19.1 Å². The van der Waals surface area contributed by atoms with E-state index in [1.165, 1.54) is 43.0 Å². The third kappa shape index (κ3) is 5.81. The van der Waals surface area contributed by atoms with Crippen molar-refractivity contribution < 1.29 is 33.3 Å². The Morgan fingerprint density at radius 3 is 2.40 bits per heavy atom. The van der Waals surface area contributed by atoms with E-state index in [1.54, 1.807) is 54.6 Å². The molecule has 1 unspecified atom stereocenters. The van der Waals surface area contributed by atoms with E-state index < -0.39 is 17.7 Å². The number of nitrogens with zero attached hydrogens (tertiary/aromatic N) is 3. The lowest BCUT2D eigenvalue weighted by Crippen LogP contribution is -2.29. The number of benzene rings is 3. The highest BCUT2D eigenvalue weighted by molar-refractivity contribution is 8.00. The summed E-state index contributed by atoms with van der Waals surface area (Å²) in [6.45, 7) is 2.26. The molecule has 1 aromatic heterocycles. The number of aliphatic hydroxyl groups is 1. The first-order chi connectivity index (χ1) is 20.3. The van der Waals surface area contributed by atoms with Crippen LogP contribution in [0.1, 0.15) is 29.7 Å². The summed E-state index contributed by atoms with van der Waals surface area (Å²) in [7, 11) is 3.01. The van der Waals surface area contributed by atoms with Crippen molar-refractivity contribution in [2.45, 2.75) is 23.1 Å². The molecule has 1 amide bonds. The number of Topliss-reactive ketones (excluding diaryl/α,β-unsaturated/α-hetero) is 1. The van der Waals surface area contributed by atoms with Gasteiger partial charge in [0.1, 0.15) is 17.3 Å². The molecule has 9 nitrogen and oxygen atoms in total. The number of hydrogen-bond acceptors (Lipinski definition) is 10. The first-order valence-electron chi connectivity index (χ1n) is 12.8. The fraction of sp³-hybridized carbons (Fsp3) is 0.200. The van der Waals surface area contributed by atoms with Gasteiger partial charge in [-0.15, -0.1) is 10.2 Å². The third-order valence-corrected chi connectivity index (χ3v) is 8.62. The molecule has 1 atom stereocenters. The van der Waals surface area contributed by atoms with Crippen LogP contribution in [0, 0.1) is 5.82 Å². The lowest BCUT2D eigenvalue weighted by Gasteiger charge is -2.23. The summed E-state index contributed by atoms with van der Waals surface area (Å²) in [6.07, 6.45) is 0. The highest BCUT2D eigenvalue weighted by Gasteiger charge is 2.48. The number of rotatable bonds is 10. The molecule has 2 heterocycles. The van der Waals surface area contributed by atoms with Crippen LogP contribution in [-0.4, -0.2) is 47.8 Å². The van der Waals surface area contributed by atoms with E-state index in [1.807, 2.05) is 6.92 Å². The highest BCUT2D eigenvalue weighted by Crippen LogP contribution is 2.45. The number of hydrogen-bond donors (Lipinski definition) is 1. The van der Waals surface area contributed by atoms with Crippen molar-refractivity contribution in [2.24, 2.45) is 0 Å². The first-order valence-corrected chi connectivity index (χ1v) is 14.6. The van der Waals surface area contributed by atoms with Gasteiger partial charge in [0, 0.05) is 11.3 Å². The van der Waals surface area contributed by atoms with Crippen molar-refractivity contribution in [2.75, 3.05) is 25.7 Å². The predicted octanol–water partition coefficient (Wildman–Crippen LogP) is 6.01. The molecule has 0 saturated carbocycles. The van der Waals surface area contributed by atoms with Crippen molar-refractivity contribution in [1.29, 1.82) is 0 Å². The molecule has 3 aromatic carbocycles. The molecule has 0 aliphatic carbocycles. The van der Waals surface area contributed by atoms with Crippen molar-refractivity contribution in [3.63, 3.8) is 0 Å². The predicted molar refractivity (Wildman–Crippen MR) is 158 cm³/mol. The molecule has 1 aliphatic rings. The fourth-order valence-electron chi connectivity index (χ4n) is 4.46. The minimum absolute atomic E-state index is 0.105. The quantitative estimate of drug-likeness (QED) is 0.0762. The number of amides is 1. The number of halogens is 1. The number of anilines is 1. The topological polar surface area (TPSA) is 111 Å². The minimum atomic E-state index is -1.03. The van der Waals surface area contributed by atoms with Gasteiger partial charge < -0.3 is 19.3 Å². The van der Waals surface area contributed by atoms with E-state index in [-0.39, 0.29) is 22.3 Å². The molecule has 5 rings (SSSR count). The van der Waals surface area contributed by atoms with Crippen LogP contribution in [0.2, 0.25) is 0 Å². The van der Waals surface area contributed by atoms with Crippen LogP contribution in [-0.2, 0) is 15.3 Å². The van der Waals surface area contributed by atoms with Crippen LogP contribution >= 0.6 is 23.1 Å². The van der Waals surface area contributed by atoms with Crippen molar-refractivity contribution in [1.82, 2.24) is 10.2 Å². The first kappa shape index (κ1) is 29.1. The van der Waals surface area contributed by atoms with Gasteiger partial charge in [0.05, 0.1) is 32.4 Å². The number of methoxy groups -OCH3 is 2. The number of aliphatic hydroxyl groups excluding tert-OH is 1. The van der Waals surface area contributed by atoms with Gasteiger partial charge in [0.2, 0.25) is 5.13 Å². The molecule has 1 saturated heterocycles. The number of ether oxygens (including phenoxy) is 3. The van der Waals surface area contributed by atoms with E-state index in [4.69, 9.17) is 14.2 Å². The van der Waals surface area contributed by atoms with Crippen LogP contribution in [0.25, 0.3) is 5.76 Å². The van der Waals surface area contributed by atoms with Crippen LogP contribution in [0.3, 0.4) is 0 Å². The average molecular weight is 608 g/mol. The van der Waals surface area contributed by atoms with Gasteiger partial charge in [-0.3, -0.25) is 14.5 Å². The molecule has 1 N–H and O–H groups in total. The molecule has 0 bridgehead atoms. The van der Waals surface area contributed by atoms with Gasteiger partial charge >= 0.3 is 5.91 Å². The molecule has 12 heteroatoms. The van der Waals surface area contributed by atoms with Crippen LogP contribution in [0.5, 0.6) is 17.2 Å². The summed E-state index contributed by atoms with van der Waals surface area (Å²) in [5, 5.41) is 20.0. The molecule has 0 spiro atoms. The molecule has 1 aliphatic heterocycles. The molecule has 0 radical (unpaired) electrons. The Bertz CT molecular complexity index is 1640. The Kier molecular flexibility index (Phi) is 8.74. The second-order valence-corrected chi connectivity index (χ2v) is 11.2. The van der Waals surface area contributed by atoms with Crippen LogP contribution in [0.15, 0.2) is 76.6 Å². The average Bonchev–Trinajstić information content (AvgIpc) is 3.58. The number of thioether (sulfide) groups is 1. The maximum absolute atomic E-state index is 13.5. The van der Waals surface area contributed by atoms with E-state index in [9.17, 15) is 19.1 Å². The van der Waals surface area contributed by atoms with Gasteiger partial charge in [-0.05, 0) is 66.6 Å². The Labute approximate surface area is 249 Å². The summed E-state index contributed by atoms with van der Waals surface area (Å²) < 4.78 is 30.2. The zero-order valence-corrected chi connectivity index (χ0v) is 24.5. The second kappa shape index (κ2) is 12.6. The number of aromatic nitrogens is 2. The van der Waals surface area contributed by atoms with Gasteiger partial charge in [-0.1, -0.05) is 41.3 Å². The highest BCUT2D eigenvalue weighted by atomic mass is 32.2. The molecule has 1 fully saturated rings. The zero-order chi connectivity index (χ0) is 29.8. The van der Waals surface area contributed by atoms with Crippen molar-refractivity contribution >= 4 is 45.7 Å². The van der Waals surface area contributed by atoms with Gasteiger partial charge in [0.25, 0.3) is 5.78 Å². The molecule has 42 heavy (non-hydrogen) atoms.